The van der Waals surface area contributed by atoms with Gasteiger partial charge in [0.25, 0.3) is 0 Å². The fourth-order valence-corrected chi connectivity index (χ4v) is 3.11. The van der Waals surface area contributed by atoms with Crippen LogP contribution in [-0.4, -0.2) is 58.5 Å². The molecular weight excluding hydrogens is 336 g/mol. The minimum atomic E-state index is -0.482. The first kappa shape index (κ1) is 18.1. The van der Waals surface area contributed by atoms with Crippen LogP contribution < -0.4 is 4.90 Å². The number of halogens is 1. The zero-order valence-corrected chi connectivity index (χ0v) is 15.7. The maximum Gasteiger partial charge on any atom is 0.410 e. The number of amides is 1. The first-order valence-corrected chi connectivity index (χ1v) is 9.12. The summed E-state index contributed by atoms with van der Waals surface area (Å²) >= 11 is 7.56. The predicted molar refractivity (Wildman–Crippen MR) is 93.4 cm³/mol. The zero-order valence-electron chi connectivity index (χ0n) is 14.2. The van der Waals surface area contributed by atoms with Gasteiger partial charge >= 0.3 is 6.09 Å². The van der Waals surface area contributed by atoms with Gasteiger partial charge in [-0.2, -0.15) is 0 Å². The molecule has 1 aliphatic heterocycles. The van der Waals surface area contributed by atoms with E-state index in [0.29, 0.717) is 30.6 Å². The molecule has 1 aromatic heterocycles. The van der Waals surface area contributed by atoms with E-state index in [2.05, 4.69) is 14.9 Å². The fraction of sp³-hybridized carbons (Fsp3) is 0.667. The number of aromatic nitrogens is 2. The number of hydrogen-bond donors (Lipinski definition) is 0. The maximum atomic E-state index is 12.2. The van der Waals surface area contributed by atoms with E-state index in [4.69, 9.17) is 16.3 Å². The molecule has 0 unspecified atom stereocenters. The quantitative estimate of drug-likeness (QED) is 0.597. The minimum absolute atomic E-state index is 0.104. The van der Waals surface area contributed by atoms with Crippen molar-refractivity contribution in [1.29, 1.82) is 0 Å². The third-order valence-electron chi connectivity index (χ3n) is 3.43. The average molecular weight is 359 g/mol. The number of rotatable bonds is 2. The van der Waals surface area contributed by atoms with Crippen LogP contribution in [-0.2, 0) is 4.74 Å². The van der Waals surface area contributed by atoms with Crippen LogP contribution in [0.5, 0.6) is 0 Å². The molecule has 1 amide bonds. The normalized spacial score (nSPS) is 19.0. The molecule has 2 rings (SSSR count). The molecule has 0 spiro atoms. The zero-order chi connectivity index (χ0) is 17.2. The van der Waals surface area contributed by atoms with Gasteiger partial charge in [0.1, 0.15) is 10.6 Å². The van der Waals surface area contributed by atoms with Crippen molar-refractivity contribution >= 4 is 35.4 Å². The van der Waals surface area contributed by atoms with Gasteiger partial charge in [-0.25, -0.2) is 14.8 Å². The number of carbonyl (C=O) groups is 1. The van der Waals surface area contributed by atoms with Gasteiger partial charge in [0.05, 0.1) is 11.2 Å². The molecule has 0 N–H and O–H groups in total. The highest BCUT2D eigenvalue weighted by Gasteiger charge is 2.31. The van der Waals surface area contributed by atoms with Crippen molar-refractivity contribution in [2.45, 2.75) is 44.4 Å². The number of hydrogen-bond acceptors (Lipinski definition) is 6. The molecule has 8 heteroatoms. The number of thioether (sulfide) groups is 1. The lowest BCUT2D eigenvalue weighted by atomic mass is 10.2. The highest BCUT2D eigenvalue weighted by Crippen LogP contribution is 2.26. The van der Waals surface area contributed by atoms with Crippen LogP contribution in [0.2, 0.25) is 5.02 Å². The molecule has 1 aromatic rings. The standard InChI is InChI=1S/C15H23ClN4O2S/c1-10-9-19(14(21)22-15(2,3)4)6-7-20(10)13-17-8-11(16)12(18-13)23-5/h8,10H,6-7,9H2,1-5H3/t10-/m0/s1. The Morgan fingerprint density at radius 1 is 1.43 bits per heavy atom. The van der Waals surface area contributed by atoms with Gasteiger partial charge in [0.2, 0.25) is 5.95 Å². The fourth-order valence-electron chi connectivity index (χ4n) is 2.37. The van der Waals surface area contributed by atoms with E-state index >= 15 is 0 Å². The summed E-state index contributed by atoms with van der Waals surface area (Å²) < 4.78 is 5.44. The number of piperazine rings is 1. The first-order chi connectivity index (χ1) is 10.7. The molecule has 2 heterocycles. The molecule has 23 heavy (non-hydrogen) atoms. The molecular formula is C15H23ClN4O2S. The van der Waals surface area contributed by atoms with E-state index in [-0.39, 0.29) is 12.1 Å². The Labute approximate surface area is 146 Å². The summed E-state index contributed by atoms with van der Waals surface area (Å²) in [7, 11) is 0. The second-order valence-corrected chi connectivity index (χ2v) is 7.70. The van der Waals surface area contributed by atoms with Crippen LogP contribution in [0.15, 0.2) is 11.2 Å². The van der Waals surface area contributed by atoms with Crippen LogP contribution in [0.25, 0.3) is 0 Å². The van der Waals surface area contributed by atoms with Crippen LogP contribution in [0.3, 0.4) is 0 Å². The van der Waals surface area contributed by atoms with E-state index in [9.17, 15) is 4.79 Å². The second-order valence-electron chi connectivity index (χ2n) is 6.50. The van der Waals surface area contributed by atoms with Crippen molar-refractivity contribution in [2.75, 3.05) is 30.8 Å². The van der Waals surface area contributed by atoms with Crippen molar-refractivity contribution in [3.8, 4) is 0 Å². The van der Waals surface area contributed by atoms with E-state index in [0.717, 1.165) is 5.03 Å². The van der Waals surface area contributed by atoms with Crippen molar-refractivity contribution < 1.29 is 9.53 Å². The van der Waals surface area contributed by atoms with Crippen LogP contribution in [0.4, 0.5) is 10.7 Å². The summed E-state index contributed by atoms with van der Waals surface area (Å²) in [6.07, 6.45) is 3.29. The molecule has 1 aliphatic rings. The van der Waals surface area contributed by atoms with Crippen LogP contribution in [0.1, 0.15) is 27.7 Å². The van der Waals surface area contributed by atoms with Gasteiger partial charge in [-0.15, -0.1) is 11.8 Å². The molecule has 128 valence electrons. The molecule has 0 saturated carbocycles. The smallest absolute Gasteiger partial charge is 0.410 e. The van der Waals surface area contributed by atoms with E-state index < -0.39 is 5.60 Å². The average Bonchev–Trinajstić information content (AvgIpc) is 2.46. The summed E-state index contributed by atoms with van der Waals surface area (Å²) in [5.74, 6) is 0.648. The summed E-state index contributed by atoms with van der Waals surface area (Å²) in [6, 6.07) is 0.104. The molecule has 6 nitrogen and oxygen atoms in total. The SMILES string of the molecule is CSc1nc(N2CCN(C(=O)OC(C)(C)C)C[C@@H]2C)ncc1Cl. The molecule has 1 saturated heterocycles. The van der Waals surface area contributed by atoms with E-state index in [1.165, 1.54) is 11.8 Å². The monoisotopic (exact) mass is 358 g/mol. The lowest BCUT2D eigenvalue weighted by Crippen LogP contribution is -2.55. The van der Waals surface area contributed by atoms with Gasteiger partial charge in [-0.3, -0.25) is 0 Å². The molecule has 0 aromatic carbocycles. The lowest BCUT2D eigenvalue weighted by Gasteiger charge is -2.40. The topological polar surface area (TPSA) is 58.6 Å². The summed E-state index contributed by atoms with van der Waals surface area (Å²) in [4.78, 5) is 24.8. The Kier molecular flexibility index (Phi) is 5.62. The Hall–Kier alpha value is -1.21. The van der Waals surface area contributed by atoms with Crippen molar-refractivity contribution in [3.05, 3.63) is 11.2 Å². The van der Waals surface area contributed by atoms with Crippen molar-refractivity contribution in [2.24, 2.45) is 0 Å². The molecule has 0 radical (unpaired) electrons. The van der Waals surface area contributed by atoms with Gasteiger partial charge in [-0.1, -0.05) is 11.6 Å². The molecule has 1 atom stereocenters. The van der Waals surface area contributed by atoms with Crippen LogP contribution >= 0.6 is 23.4 Å². The number of anilines is 1. The van der Waals surface area contributed by atoms with Gasteiger partial charge < -0.3 is 14.5 Å². The Morgan fingerprint density at radius 2 is 2.13 bits per heavy atom. The maximum absolute atomic E-state index is 12.2. The number of ether oxygens (including phenoxy) is 1. The van der Waals surface area contributed by atoms with E-state index in [1.807, 2.05) is 34.0 Å². The number of carbonyl (C=O) groups excluding carboxylic acids is 1. The lowest BCUT2D eigenvalue weighted by molar-refractivity contribution is 0.0218. The van der Waals surface area contributed by atoms with Crippen molar-refractivity contribution in [3.63, 3.8) is 0 Å². The third kappa shape index (κ3) is 4.64. The predicted octanol–water partition coefficient (Wildman–Crippen LogP) is 3.30. The Morgan fingerprint density at radius 3 is 2.70 bits per heavy atom. The largest absolute Gasteiger partial charge is 0.444 e. The first-order valence-electron chi connectivity index (χ1n) is 7.52. The van der Waals surface area contributed by atoms with Gasteiger partial charge in [0, 0.05) is 25.7 Å². The van der Waals surface area contributed by atoms with Gasteiger partial charge in [0.15, 0.2) is 0 Å². The van der Waals surface area contributed by atoms with Gasteiger partial charge in [-0.05, 0) is 34.0 Å². The van der Waals surface area contributed by atoms with E-state index in [1.54, 1.807) is 11.1 Å². The number of nitrogens with zero attached hydrogens (tertiary/aromatic N) is 4. The summed E-state index contributed by atoms with van der Waals surface area (Å²) in [6.45, 7) is 9.49. The molecule has 0 aliphatic carbocycles. The van der Waals surface area contributed by atoms with Crippen molar-refractivity contribution in [1.82, 2.24) is 14.9 Å². The highest BCUT2D eigenvalue weighted by atomic mass is 35.5. The minimum Gasteiger partial charge on any atom is -0.444 e. The molecule has 0 bridgehead atoms. The van der Waals surface area contributed by atoms with Crippen LogP contribution in [0, 0.1) is 0 Å². The summed E-state index contributed by atoms with van der Waals surface area (Å²) in [5.41, 5.74) is -0.482. The Balaban J connectivity index is 2.06. The Bertz CT molecular complexity index is 579. The third-order valence-corrected chi connectivity index (χ3v) is 4.52. The summed E-state index contributed by atoms with van der Waals surface area (Å²) in [5, 5.41) is 1.32. The second kappa shape index (κ2) is 7.13. The highest BCUT2D eigenvalue weighted by molar-refractivity contribution is 7.98. The molecule has 1 fully saturated rings.